The van der Waals surface area contributed by atoms with E-state index >= 15 is 0 Å². The number of carbonyl (C=O) groups excluding carboxylic acids is 2. The van der Waals surface area contributed by atoms with Crippen LogP contribution in [0.15, 0.2) is 58.5 Å². The van der Waals surface area contributed by atoms with Crippen molar-refractivity contribution in [3.05, 3.63) is 64.4 Å². The third-order valence-electron chi connectivity index (χ3n) is 3.70. The van der Waals surface area contributed by atoms with Crippen molar-refractivity contribution in [1.29, 1.82) is 0 Å². The summed E-state index contributed by atoms with van der Waals surface area (Å²) in [5, 5.41) is 3.36. The van der Waals surface area contributed by atoms with E-state index in [1.54, 1.807) is 48.5 Å². The van der Waals surface area contributed by atoms with E-state index in [0.717, 1.165) is 16.4 Å². The minimum atomic E-state index is -0.452. The fourth-order valence-corrected chi connectivity index (χ4v) is 3.08. The van der Waals surface area contributed by atoms with Gasteiger partial charge in [-0.05, 0) is 36.4 Å². The molecule has 0 bridgehead atoms. The minimum absolute atomic E-state index is 0.0146. The Hall–Kier alpha value is -3.33. The summed E-state index contributed by atoms with van der Waals surface area (Å²) in [5.41, 5.74) is 1.06. The maximum atomic E-state index is 12.2. The Kier molecular flexibility index (Phi) is 5.41. The number of nitrogens with one attached hydrogen (secondary N) is 1. The number of aromatic nitrogens is 2. The highest BCUT2D eigenvalue weighted by Crippen LogP contribution is 2.17. The zero-order valence-corrected chi connectivity index (χ0v) is 15.2. The molecular weight excluding hydrogens is 368 g/mol. The van der Waals surface area contributed by atoms with Gasteiger partial charge >= 0.3 is 5.97 Å². The van der Waals surface area contributed by atoms with E-state index in [9.17, 15) is 14.4 Å². The number of fused-ring (bicyclic) bond motifs is 1. The van der Waals surface area contributed by atoms with Crippen molar-refractivity contribution in [2.45, 2.75) is 5.16 Å². The molecule has 0 atom stereocenters. The molecule has 1 amide bonds. The number of nitrogens with zero attached hydrogens (tertiary/aromatic N) is 2. The summed E-state index contributed by atoms with van der Waals surface area (Å²) in [5.74, 6) is 5.06. The second kappa shape index (κ2) is 7.92. The first-order valence-corrected chi connectivity index (χ1v) is 8.86. The Labute approximate surface area is 158 Å². The van der Waals surface area contributed by atoms with E-state index in [2.05, 4.69) is 15.0 Å². The largest absolute Gasteiger partial charge is 0.465 e. The fourth-order valence-electron chi connectivity index (χ4n) is 2.36. The van der Waals surface area contributed by atoms with Gasteiger partial charge in [0.1, 0.15) is 0 Å². The highest BCUT2D eigenvalue weighted by molar-refractivity contribution is 7.99. The van der Waals surface area contributed by atoms with E-state index in [1.165, 1.54) is 7.11 Å². The van der Waals surface area contributed by atoms with Crippen LogP contribution in [0.1, 0.15) is 10.4 Å². The van der Waals surface area contributed by atoms with E-state index < -0.39 is 5.97 Å². The molecule has 2 aromatic carbocycles. The van der Waals surface area contributed by atoms with E-state index in [0.29, 0.717) is 22.2 Å². The highest BCUT2D eigenvalue weighted by Gasteiger charge is 2.12. The van der Waals surface area contributed by atoms with Crippen LogP contribution in [0.3, 0.4) is 0 Å². The number of hydrogen-bond acceptors (Lipinski definition) is 7. The number of carbonyl (C=O) groups is 2. The van der Waals surface area contributed by atoms with Crippen LogP contribution < -0.4 is 16.7 Å². The number of ether oxygens (including phenoxy) is 1. The average molecular weight is 384 g/mol. The molecule has 3 rings (SSSR count). The normalized spacial score (nSPS) is 10.6. The molecule has 0 fully saturated rings. The molecule has 3 aromatic rings. The summed E-state index contributed by atoms with van der Waals surface area (Å²) < 4.78 is 5.56. The lowest BCUT2D eigenvalue weighted by Gasteiger charge is -2.09. The maximum Gasteiger partial charge on any atom is 0.337 e. The quantitative estimate of drug-likeness (QED) is 0.297. The molecule has 0 aliphatic carbocycles. The van der Waals surface area contributed by atoms with Crippen molar-refractivity contribution in [2.24, 2.45) is 0 Å². The summed E-state index contributed by atoms with van der Waals surface area (Å²) in [4.78, 5) is 40.1. The Morgan fingerprint density at radius 3 is 2.59 bits per heavy atom. The number of benzene rings is 2. The Morgan fingerprint density at radius 1 is 1.19 bits per heavy atom. The van der Waals surface area contributed by atoms with Crippen LogP contribution in [0.2, 0.25) is 0 Å². The number of para-hydroxylation sites is 1. The van der Waals surface area contributed by atoms with Crippen LogP contribution in [0.25, 0.3) is 10.9 Å². The SMILES string of the molecule is COC(=O)c1ccc(NC(=O)CSc2nc3ccccc3c(=O)n2N)cc1. The van der Waals surface area contributed by atoms with Crippen LogP contribution in [0.5, 0.6) is 0 Å². The average Bonchev–Trinajstić information content (AvgIpc) is 2.69. The van der Waals surface area contributed by atoms with Gasteiger partial charge < -0.3 is 15.9 Å². The first kappa shape index (κ1) is 18.5. The molecule has 0 spiro atoms. The van der Waals surface area contributed by atoms with Gasteiger partial charge in [-0.1, -0.05) is 23.9 Å². The van der Waals surface area contributed by atoms with Crippen molar-refractivity contribution in [3.8, 4) is 0 Å². The van der Waals surface area contributed by atoms with Crippen LogP contribution in [0, 0.1) is 0 Å². The van der Waals surface area contributed by atoms with Gasteiger partial charge in [-0.2, -0.15) is 0 Å². The van der Waals surface area contributed by atoms with Gasteiger partial charge in [0.2, 0.25) is 5.91 Å². The number of amides is 1. The second-order valence-electron chi connectivity index (χ2n) is 5.49. The van der Waals surface area contributed by atoms with Crippen molar-refractivity contribution in [3.63, 3.8) is 0 Å². The van der Waals surface area contributed by atoms with Crippen molar-refractivity contribution in [2.75, 3.05) is 24.0 Å². The summed E-state index contributed by atoms with van der Waals surface area (Å²) in [7, 11) is 1.30. The first-order valence-electron chi connectivity index (χ1n) is 7.87. The topological polar surface area (TPSA) is 116 Å². The molecule has 0 unspecified atom stereocenters. The number of hydrogen-bond donors (Lipinski definition) is 2. The van der Waals surface area contributed by atoms with E-state index in [-0.39, 0.29) is 22.4 Å². The van der Waals surface area contributed by atoms with Crippen LogP contribution in [-0.4, -0.2) is 34.4 Å². The Morgan fingerprint density at radius 2 is 1.89 bits per heavy atom. The lowest BCUT2D eigenvalue weighted by atomic mass is 10.2. The van der Waals surface area contributed by atoms with Crippen LogP contribution in [0.4, 0.5) is 5.69 Å². The van der Waals surface area contributed by atoms with E-state index in [4.69, 9.17) is 5.84 Å². The molecule has 8 nitrogen and oxygen atoms in total. The third kappa shape index (κ3) is 4.09. The summed E-state index contributed by atoms with van der Waals surface area (Å²) in [6, 6.07) is 13.2. The van der Waals surface area contributed by atoms with Crippen molar-refractivity contribution < 1.29 is 14.3 Å². The molecule has 9 heteroatoms. The fraction of sp³-hybridized carbons (Fsp3) is 0.111. The molecular formula is C18H16N4O4S. The maximum absolute atomic E-state index is 12.2. The molecule has 0 saturated heterocycles. The molecule has 3 N–H and O–H groups in total. The van der Waals surface area contributed by atoms with Gasteiger partial charge in [0, 0.05) is 5.69 Å². The lowest BCUT2D eigenvalue weighted by Crippen LogP contribution is -2.30. The molecule has 0 saturated carbocycles. The molecule has 0 aliphatic rings. The Bertz CT molecular complexity index is 1060. The second-order valence-corrected chi connectivity index (χ2v) is 6.43. The number of rotatable bonds is 5. The number of nitrogen functional groups attached to an aromatic ring is 1. The summed E-state index contributed by atoms with van der Waals surface area (Å²) >= 11 is 1.06. The molecule has 138 valence electrons. The summed E-state index contributed by atoms with van der Waals surface area (Å²) in [6.07, 6.45) is 0. The molecule has 0 aliphatic heterocycles. The predicted molar refractivity (Wildman–Crippen MR) is 103 cm³/mol. The zero-order valence-electron chi connectivity index (χ0n) is 14.3. The number of esters is 1. The number of thioether (sulfide) groups is 1. The van der Waals surface area contributed by atoms with E-state index in [1.807, 2.05) is 0 Å². The highest BCUT2D eigenvalue weighted by atomic mass is 32.2. The monoisotopic (exact) mass is 384 g/mol. The number of nitrogens with two attached hydrogens (primary N) is 1. The smallest absolute Gasteiger partial charge is 0.337 e. The van der Waals surface area contributed by atoms with Gasteiger partial charge in [0.15, 0.2) is 5.16 Å². The molecule has 1 heterocycles. The van der Waals surface area contributed by atoms with Crippen LogP contribution in [-0.2, 0) is 9.53 Å². The number of methoxy groups -OCH3 is 1. The molecule has 0 radical (unpaired) electrons. The van der Waals surface area contributed by atoms with Gasteiger partial charge in [0.05, 0.1) is 29.3 Å². The molecule has 27 heavy (non-hydrogen) atoms. The van der Waals surface area contributed by atoms with Gasteiger partial charge in [-0.3, -0.25) is 9.59 Å². The number of anilines is 1. The zero-order chi connectivity index (χ0) is 19.4. The van der Waals surface area contributed by atoms with Crippen molar-refractivity contribution >= 4 is 40.2 Å². The van der Waals surface area contributed by atoms with Gasteiger partial charge in [-0.15, -0.1) is 0 Å². The van der Waals surface area contributed by atoms with Crippen molar-refractivity contribution in [1.82, 2.24) is 9.66 Å². The minimum Gasteiger partial charge on any atom is -0.465 e. The first-order chi connectivity index (χ1) is 13.0. The third-order valence-corrected chi connectivity index (χ3v) is 4.65. The predicted octanol–water partition coefficient (Wildman–Crippen LogP) is 1.63. The summed E-state index contributed by atoms with van der Waals surface area (Å²) in [6.45, 7) is 0. The molecule has 1 aromatic heterocycles. The van der Waals surface area contributed by atoms with Gasteiger partial charge in [-0.25, -0.2) is 14.5 Å². The lowest BCUT2D eigenvalue weighted by molar-refractivity contribution is -0.113. The Balaban J connectivity index is 1.67. The standard InChI is InChI=1S/C18H16N4O4S/c1-26-17(25)11-6-8-12(9-7-11)20-15(23)10-27-18-21-14-5-3-2-4-13(14)16(24)22(18)19/h2-9H,10,19H2,1H3,(H,20,23). The van der Waals surface area contributed by atoms with Crippen LogP contribution >= 0.6 is 11.8 Å². The van der Waals surface area contributed by atoms with Gasteiger partial charge in [0.25, 0.3) is 5.56 Å².